The van der Waals surface area contributed by atoms with Gasteiger partial charge in [0.1, 0.15) is 0 Å². The first-order valence-electron chi connectivity index (χ1n) is 6.15. The summed E-state index contributed by atoms with van der Waals surface area (Å²) >= 11 is 12.0. The Morgan fingerprint density at radius 3 is 2.59 bits per heavy atom. The predicted molar refractivity (Wildman–Crippen MR) is 85.2 cm³/mol. The van der Waals surface area contributed by atoms with Gasteiger partial charge in [-0.25, -0.2) is 18.6 Å². The van der Waals surface area contributed by atoms with Crippen LogP contribution in [0.1, 0.15) is 5.56 Å². The molecule has 120 valence electrons. The Balaban J connectivity index is 2.75. The zero-order chi connectivity index (χ0) is 16.7. The van der Waals surface area contributed by atoms with E-state index in [2.05, 4.69) is 10.5 Å². The van der Waals surface area contributed by atoms with Crippen LogP contribution in [0.4, 0.5) is 4.79 Å². The number of hydrogen-bond donors (Lipinski definition) is 2. The third kappa shape index (κ3) is 3.19. The molecule has 0 bridgehead atoms. The highest BCUT2D eigenvalue weighted by Gasteiger charge is 2.38. The number of nitrogens with two attached hydrogens (primary N) is 1. The molecule has 1 aliphatic heterocycles. The lowest BCUT2D eigenvalue weighted by atomic mass is 10.0. The van der Waals surface area contributed by atoms with Crippen molar-refractivity contribution in [2.45, 2.75) is 10.9 Å². The van der Waals surface area contributed by atoms with Crippen LogP contribution in [0.5, 0.6) is 0 Å². The number of likely N-dealkylation sites (N-methyl/N-ethyl adjacent to an activating group) is 1. The van der Waals surface area contributed by atoms with Crippen molar-refractivity contribution in [3.8, 4) is 0 Å². The van der Waals surface area contributed by atoms with E-state index >= 15 is 0 Å². The Kier molecular flexibility index (Phi) is 4.67. The van der Waals surface area contributed by atoms with Gasteiger partial charge < -0.3 is 5.73 Å². The number of hydrogen-bond acceptors (Lipinski definition) is 5. The summed E-state index contributed by atoms with van der Waals surface area (Å²) in [7, 11) is -0.201. The average molecular weight is 365 g/mol. The molecule has 1 unspecified atom stereocenters. The van der Waals surface area contributed by atoms with Crippen molar-refractivity contribution in [2.75, 3.05) is 19.8 Å². The Morgan fingerprint density at radius 1 is 1.41 bits per heavy atom. The standard InChI is InChI=1S/C12H14Cl2N4O3S/c1-18(2)9-5-22(20,21)11-7(3-6(13)4-8(11)14)10(9)16-17-12(15)19/h3-4,9H,5H2,1-2H3,(H3,15,17,19)/b16-10-. The topological polar surface area (TPSA) is 105 Å². The van der Waals surface area contributed by atoms with Crippen LogP contribution in [-0.4, -0.2) is 51.0 Å². The van der Waals surface area contributed by atoms with E-state index in [-0.39, 0.29) is 26.3 Å². The molecule has 1 atom stereocenters. The van der Waals surface area contributed by atoms with Crippen LogP contribution < -0.4 is 11.2 Å². The maximum atomic E-state index is 12.5. The van der Waals surface area contributed by atoms with Crippen LogP contribution in [-0.2, 0) is 9.84 Å². The van der Waals surface area contributed by atoms with Gasteiger partial charge in [0.15, 0.2) is 9.84 Å². The van der Waals surface area contributed by atoms with E-state index in [0.717, 1.165) is 0 Å². The fraction of sp³-hybridized carbons (Fsp3) is 0.333. The summed E-state index contributed by atoms with van der Waals surface area (Å²) in [6, 6.07) is 1.39. The molecule has 22 heavy (non-hydrogen) atoms. The molecule has 3 N–H and O–H groups in total. The van der Waals surface area contributed by atoms with E-state index in [1.165, 1.54) is 12.1 Å². The summed E-state index contributed by atoms with van der Waals surface area (Å²) in [5.74, 6) is -0.215. The summed E-state index contributed by atoms with van der Waals surface area (Å²) in [6.45, 7) is 0. The number of carbonyl (C=O) groups is 1. The van der Waals surface area contributed by atoms with Crippen molar-refractivity contribution in [3.05, 3.63) is 27.7 Å². The monoisotopic (exact) mass is 364 g/mol. The fourth-order valence-corrected chi connectivity index (χ4v) is 5.00. The molecule has 0 saturated carbocycles. The second-order valence-corrected chi connectivity index (χ2v) is 7.81. The highest BCUT2D eigenvalue weighted by atomic mass is 35.5. The van der Waals surface area contributed by atoms with Crippen LogP contribution in [0.15, 0.2) is 22.1 Å². The van der Waals surface area contributed by atoms with E-state index in [1.54, 1.807) is 19.0 Å². The second-order valence-electron chi connectivity index (χ2n) is 5.00. The van der Waals surface area contributed by atoms with Crippen molar-refractivity contribution in [2.24, 2.45) is 10.8 Å². The highest BCUT2D eigenvalue weighted by molar-refractivity contribution is 7.91. The Bertz CT molecular complexity index is 762. The largest absolute Gasteiger partial charge is 0.350 e. The fourth-order valence-electron chi connectivity index (χ4n) is 2.26. The van der Waals surface area contributed by atoms with E-state index in [0.29, 0.717) is 5.71 Å². The number of urea groups is 1. The van der Waals surface area contributed by atoms with E-state index in [4.69, 9.17) is 28.9 Å². The van der Waals surface area contributed by atoms with Gasteiger partial charge in [0.2, 0.25) is 0 Å². The first-order chi connectivity index (χ1) is 10.1. The Morgan fingerprint density at radius 2 is 2.05 bits per heavy atom. The van der Waals surface area contributed by atoms with Crippen LogP contribution in [0.3, 0.4) is 0 Å². The minimum Gasteiger partial charge on any atom is -0.350 e. The lowest BCUT2D eigenvalue weighted by Gasteiger charge is -2.31. The summed E-state index contributed by atoms with van der Waals surface area (Å²) < 4.78 is 25.0. The number of nitrogens with zero attached hydrogens (tertiary/aromatic N) is 2. The number of nitrogens with one attached hydrogen (secondary N) is 1. The lowest BCUT2D eigenvalue weighted by molar-refractivity contribution is 0.249. The predicted octanol–water partition coefficient (Wildman–Crippen LogP) is 1.08. The highest BCUT2D eigenvalue weighted by Crippen LogP contribution is 2.35. The van der Waals surface area contributed by atoms with Crippen LogP contribution in [0.25, 0.3) is 0 Å². The molecule has 1 aliphatic rings. The molecular weight excluding hydrogens is 351 g/mol. The molecule has 1 aromatic carbocycles. The number of halogens is 2. The van der Waals surface area contributed by atoms with Crippen molar-refractivity contribution < 1.29 is 13.2 Å². The van der Waals surface area contributed by atoms with Crippen molar-refractivity contribution in [1.82, 2.24) is 10.3 Å². The van der Waals surface area contributed by atoms with Gasteiger partial charge in [0.05, 0.1) is 27.4 Å². The average Bonchev–Trinajstić information content (AvgIpc) is 2.34. The third-order valence-electron chi connectivity index (χ3n) is 3.20. The first-order valence-corrected chi connectivity index (χ1v) is 8.56. The lowest BCUT2D eigenvalue weighted by Crippen LogP contribution is -2.47. The molecule has 10 heteroatoms. The molecule has 1 aromatic rings. The van der Waals surface area contributed by atoms with Crippen LogP contribution in [0, 0.1) is 0 Å². The number of fused-ring (bicyclic) bond motifs is 1. The van der Waals surface area contributed by atoms with Gasteiger partial charge in [-0.3, -0.25) is 4.90 Å². The van der Waals surface area contributed by atoms with Gasteiger partial charge in [0, 0.05) is 10.6 Å². The van der Waals surface area contributed by atoms with E-state index < -0.39 is 21.9 Å². The number of primary amides is 1. The Hall–Kier alpha value is -1.35. The first kappa shape index (κ1) is 17.0. The SMILES string of the molecule is CN(C)C1CS(=O)(=O)c2c(Cl)cc(Cl)cc2/C1=N/NC(N)=O. The van der Waals surface area contributed by atoms with Crippen molar-refractivity contribution in [3.63, 3.8) is 0 Å². The quantitative estimate of drug-likeness (QED) is 0.765. The van der Waals surface area contributed by atoms with Gasteiger partial charge >= 0.3 is 6.03 Å². The molecule has 7 nitrogen and oxygen atoms in total. The molecule has 0 saturated heterocycles. The number of sulfone groups is 1. The summed E-state index contributed by atoms with van der Waals surface area (Å²) in [5, 5.41) is 4.23. The molecule has 2 amide bonds. The number of carbonyl (C=O) groups excluding carboxylic acids is 1. The van der Waals surface area contributed by atoms with E-state index in [9.17, 15) is 13.2 Å². The Labute approximate surface area is 138 Å². The summed E-state index contributed by atoms with van der Waals surface area (Å²) in [5.41, 5.74) is 7.74. The second kappa shape index (κ2) is 6.04. The van der Waals surface area contributed by atoms with Gasteiger partial charge in [-0.2, -0.15) is 5.10 Å². The van der Waals surface area contributed by atoms with Crippen LogP contribution >= 0.6 is 23.2 Å². The molecule has 0 aliphatic carbocycles. The number of hydrazone groups is 1. The third-order valence-corrected chi connectivity index (χ3v) is 5.64. The minimum atomic E-state index is -3.61. The number of rotatable bonds is 2. The van der Waals surface area contributed by atoms with Crippen molar-refractivity contribution in [1.29, 1.82) is 0 Å². The van der Waals surface area contributed by atoms with Crippen LogP contribution in [0.2, 0.25) is 10.0 Å². The summed E-state index contributed by atoms with van der Waals surface area (Å²) in [4.78, 5) is 12.5. The number of benzene rings is 1. The molecule has 0 radical (unpaired) electrons. The molecule has 0 aromatic heterocycles. The molecule has 0 fully saturated rings. The van der Waals surface area contributed by atoms with Gasteiger partial charge in [-0.05, 0) is 26.2 Å². The zero-order valence-electron chi connectivity index (χ0n) is 11.8. The molecule has 0 spiro atoms. The van der Waals surface area contributed by atoms with Crippen molar-refractivity contribution >= 4 is 44.8 Å². The minimum absolute atomic E-state index is 0.0199. The molecular formula is C12H14Cl2N4O3S. The van der Waals surface area contributed by atoms with Gasteiger partial charge in [0.25, 0.3) is 0 Å². The van der Waals surface area contributed by atoms with E-state index in [1.807, 2.05) is 0 Å². The van der Waals surface area contributed by atoms with Gasteiger partial charge in [-0.1, -0.05) is 23.2 Å². The summed E-state index contributed by atoms with van der Waals surface area (Å²) in [6.07, 6.45) is 0. The smallest absolute Gasteiger partial charge is 0.332 e. The zero-order valence-corrected chi connectivity index (χ0v) is 14.1. The number of amides is 2. The molecule has 1 heterocycles. The normalized spacial score (nSPS) is 21.7. The molecule has 2 rings (SSSR count). The maximum absolute atomic E-state index is 12.5. The van der Waals surface area contributed by atoms with Gasteiger partial charge in [-0.15, -0.1) is 0 Å². The maximum Gasteiger partial charge on any atom is 0.332 e.